The second-order valence-corrected chi connectivity index (χ2v) is 6.03. The lowest BCUT2D eigenvalue weighted by Crippen LogP contribution is -2.30. The van der Waals surface area contributed by atoms with Gasteiger partial charge in [0.1, 0.15) is 0 Å². The van der Waals surface area contributed by atoms with E-state index in [-0.39, 0.29) is 5.91 Å². The standard InChI is InChI=1S/C19H23N3O/c23-19(21-12-6-1-2-7-13-21)11-10-18-14-20-22(16-18)15-17-8-4-3-5-9-17/h3-5,8-11,14,16H,1-2,6-7,12-13,15H2/b11-10+. The average molecular weight is 309 g/mol. The van der Waals surface area contributed by atoms with Crippen molar-refractivity contribution in [1.29, 1.82) is 0 Å². The Morgan fingerprint density at radius 2 is 1.83 bits per heavy atom. The number of carbonyl (C=O) groups excluding carboxylic acids is 1. The molecule has 1 amide bonds. The van der Waals surface area contributed by atoms with Crippen molar-refractivity contribution in [2.45, 2.75) is 32.2 Å². The van der Waals surface area contributed by atoms with Gasteiger partial charge in [0, 0.05) is 30.9 Å². The molecule has 23 heavy (non-hydrogen) atoms. The molecule has 2 heterocycles. The minimum absolute atomic E-state index is 0.114. The summed E-state index contributed by atoms with van der Waals surface area (Å²) < 4.78 is 1.89. The second-order valence-electron chi connectivity index (χ2n) is 6.03. The number of amides is 1. The fourth-order valence-corrected chi connectivity index (χ4v) is 2.89. The summed E-state index contributed by atoms with van der Waals surface area (Å²) in [6.07, 6.45) is 12.0. The van der Waals surface area contributed by atoms with Crippen molar-refractivity contribution in [2.75, 3.05) is 13.1 Å². The van der Waals surface area contributed by atoms with E-state index in [0.29, 0.717) is 0 Å². The number of nitrogens with zero attached hydrogens (tertiary/aromatic N) is 3. The molecule has 0 unspecified atom stereocenters. The Morgan fingerprint density at radius 1 is 1.09 bits per heavy atom. The van der Waals surface area contributed by atoms with Gasteiger partial charge in [0.05, 0.1) is 12.7 Å². The normalized spacial score (nSPS) is 15.7. The highest BCUT2D eigenvalue weighted by atomic mass is 16.2. The van der Waals surface area contributed by atoms with Crippen LogP contribution in [0, 0.1) is 0 Å². The van der Waals surface area contributed by atoms with Crippen LogP contribution < -0.4 is 0 Å². The summed E-state index contributed by atoms with van der Waals surface area (Å²) >= 11 is 0. The molecule has 2 aromatic rings. The third-order valence-electron chi connectivity index (χ3n) is 4.18. The number of hydrogen-bond acceptors (Lipinski definition) is 2. The van der Waals surface area contributed by atoms with Crippen LogP contribution in [-0.2, 0) is 11.3 Å². The van der Waals surface area contributed by atoms with E-state index in [2.05, 4.69) is 17.2 Å². The van der Waals surface area contributed by atoms with Crippen molar-refractivity contribution in [1.82, 2.24) is 14.7 Å². The molecule has 120 valence electrons. The average Bonchev–Trinajstić information content (AvgIpc) is 2.84. The Balaban J connectivity index is 1.58. The molecule has 1 aliphatic rings. The highest BCUT2D eigenvalue weighted by Gasteiger charge is 2.12. The van der Waals surface area contributed by atoms with E-state index in [1.54, 1.807) is 12.3 Å². The van der Waals surface area contributed by atoms with Crippen molar-refractivity contribution in [3.8, 4) is 0 Å². The first-order chi connectivity index (χ1) is 11.3. The molecular formula is C19H23N3O. The summed E-state index contributed by atoms with van der Waals surface area (Å²) in [5.41, 5.74) is 2.18. The van der Waals surface area contributed by atoms with E-state index in [9.17, 15) is 4.79 Å². The zero-order valence-electron chi connectivity index (χ0n) is 13.4. The van der Waals surface area contributed by atoms with Gasteiger partial charge in [-0.3, -0.25) is 9.48 Å². The fourth-order valence-electron chi connectivity index (χ4n) is 2.89. The van der Waals surface area contributed by atoms with E-state index in [1.807, 2.05) is 40.1 Å². The maximum Gasteiger partial charge on any atom is 0.246 e. The van der Waals surface area contributed by atoms with Gasteiger partial charge in [-0.1, -0.05) is 43.2 Å². The van der Waals surface area contributed by atoms with Gasteiger partial charge in [-0.2, -0.15) is 5.10 Å². The summed E-state index contributed by atoms with van der Waals surface area (Å²) in [6, 6.07) is 10.2. The molecule has 0 spiro atoms. The highest BCUT2D eigenvalue weighted by molar-refractivity contribution is 5.91. The van der Waals surface area contributed by atoms with Crippen molar-refractivity contribution < 1.29 is 4.79 Å². The first-order valence-electron chi connectivity index (χ1n) is 8.35. The number of likely N-dealkylation sites (tertiary alicyclic amines) is 1. The van der Waals surface area contributed by atoms with Crippen LogP contribution in [0.4, 0.5) is 0 Å². The van der Waals surface area contributed by atoms with Crippen LogP contribution in [0.15, 0.2) is 48.8 Å². The molecule has 1 aromatic heterocycles. The zero-order chi connectivity index (χ0) is 15.9. The van der Waals surface area contributed by atoms with E-state index >= 15 is 0 Å². The van der Waals surface area contributed by atoms with Gasteiger partial charge in [-0.25, -0.2) is 0 Å². The van der Waals surface area contributed by atoms with Crippen LogP contribution in [0.3, 0.4) is 0 Å². The first-order valence-corrected chi connectivity index (χ1v) is 8.35. The van der Waals surface area contributed by atoms with E-state index in [4.69, 9.17) is 0 Å². The highest BCUT2D eigenvalue weighted by Crippen LogP contribution is 2.11. The predicted octanol–water partition coefficient (Wildman–Crippen LogP) is 3.35. The summed E-state index contributed by atoms with van der Waals surface area (Å²) in [6.45, 7) is 2.52. The molecule has 1 aliphatic heterocycles. The van der Waals surface area contributed by atoms with E-state index in [1.165, 1.54) is 18.4 Å². The number of carbonyl (C=O) groups is 1. The Kier molecular flexibility index (Phi) is 5.25. The monoisotopic (exact) mass is 309 g/mol. The zero-order valence-corrected chi connectivity index (χ0v) is 13.4. The molecule has 0 N–H and O–H groups in total. The molecular weight excluding hydrogens is 286 g/mol. The van der Waals surface area contributed by atoms with E-state index < -0.39 is 0 Å². The number of hydrogen-bond donors (Lipinski definition) is 0. The van der Waals surface area contributed by atoms with Crippen molar-refractivity contribution >= 4 is 12.0 Å². The molecule has 1 fully saturated rings. The molecule has 0 saturated carbocycles. The van der Waals surface area contributed by atoms with Crippen LogP contribution in [-0.4, -0.2) is 33.7 Å². The molecule has 0 atom stereocenters. The smallest absolute Gasteiger partial charge is 0.246 e. The predicted molar refractivity (Wildman–Crippen MR) is 91.9 cm³/mol. The van der Waals surface area contributed by atoms with Crippen LogP contribution in [0.5, 0.6) is 0 Å². The van der Waals surface area contributed by atoms with Crippen LogP contribution in [0.2, 0.25) is 0 Å². The summed E-state index contributed by atoms with van der Waals surface area (Å²) in [5.74, 6) is 0.114. The van der Waals surface area contributed by atoms with Gasteiger partial charge >= 0.3 is 0 Å². The first kappa shape index (κ1) is 15.5. The van der Waals surface area contributed by atoms with Crippen LogP contribution in [0.1, 0.15) is 36.8 Å². The van der Waals surface area contributed by atoms with Gasteiger partial charge in [0.15, 0.2) is 0 Å². The third-order valence-corrected chi connectivity index (χ3v) is 4.18. The molecule has 1 aromatic carbocycles. The molecule has 3 rings (SSSR count). The molecule has 1 saturated heterocycles. The van der Waals surface area contributed by atoms with Gasteiger partial charge in [-0.05, 0) is 24.5 Å². The summed E-state index contributed by atoms with van der Waals surface area (Å²) in [4.78, 5) is 14.2. The van der Waals surface area contributed by atoms with Gasteiger partial charge in [-0.15, -0.1) is 0 Å². The molecule has 0 radical (unpaired) electrons. The second kappa shape index (κ2) is 7.77. The SMILES string of the molecule is O=C(/C=C/c1cnn(Cc2ccccc2)c1)N1CCCCCC1. The molecule has 4 nitrogen and oxygen atoms in total. The van der Waals surface area contributed by atoms with Gasteiger partial charge < -0.3 is 4.90 Å². The maximum atomic E-state index is 12.2. The molecule has 0 bridgehead atoms. The third kappa shape index (κ3) is 4.55. The Morgan fingerprint density at radius 3 is 2.57 bits per heavy atom. The minimum atomic E-state index is 0.114. The van der Waals surface area contributed by atoms with Gasteiger partial charge in [0.2, 0.25) is 5.91 Å². The van der Waals surface area contributed by atoms with Gasteiger partial charge in [0.25, 0.3) is 0 Å². The fraction of sp³-hybridized carbons (Fsp3) is 0.368. The maximum absolute atomic E-state index is 12.2. The molecule has 0 aliphatic carbocycles. The van der Waals surface area contributed by atoms with Crippen molar-refractivity contribution in [3.05, 3.63) is 59.9 Å². The number of rotatable bonds is 4. The van der Waals surface area contributed by atoms with Crippen molar-refractivity contribution in [3.63, 3.8) is 0 Å². The summed E-state index contributed by atoms with van der Waals surface area (Å²) in [7, 11) is 0. The number of aromatic nitrogens is 2. The largest absolute Gasteiger partial charge is 0.339 e. The van der Waals surface area contributed by atoms with E-state index in [0.717, 1.165) is 38.0 Å². The number of benzene rings is 1. The quantitative estimate of drug-likeness (QED) is 0.812. The Hall–Kier alpha value is -2.36. The lowest BCUT2D eigenvalue weighted by molar-refractivity contribution is -0.125. The Labute approximate surface area is 137 Å². The lowest BCUT2D eigenvalue weighted by atomic mass is 10.2. The minimum Gasteiger partial charge on any atom is -0.339 e. The lowest BCUT2D eigenvalue weighted by Gasteiger charge is -2.17. The van der Waals surface area contributed by atoms with Crippen LogP contribution in [0.25, 0.3) is 6.08 Å². The van der Waals surface area contributed by atoms with Crippen molar-refractivity contribution in [2.24, 2.45) is 0 Å². The topological polar surface area (TPSA) is 38.1 Å². The molecule has 4 heteroatoms. The Bertz CT molecular complexity index is 652. The summed E-state index contributed by atoms with van der Waals surface area (Å²) in [5, 5.41) is 4.36. The van der Waals surface area contributed by atoms with Crippen LogP contribution >= 0.6 is 0 Å².